The third kappa shape index (κ3) is 4.83. The molecule has 8 heteroatoms. The van der Waals surface area contributed by atoms with E-state index in [9.17, 15) is 8.42 Å². The van der Waals surface area contributed by atoms with Crippen LogP contribution < -0.4 is 14.2 Å². The molecule has 0 saturated carbocycles. The highest BCUT2D eigenvalue weighted by Gasteiger charge is 2.03. The third-order valence-electron chi connectivity index (χ3n) is 2.67. The van der Waals surface area contributed by atoms with Crippen LogP contribution in [0.25, 0.3) is 10.9 Å². The second-order valence-electron chi connectivity index (χ2n) is 4.45. The second-order valence-corrected chi connectivity index (χ2v) is 6.28. The molecule has 0 aliphatic carbocycles. The van der Waals surface area contributed by atoms with E-state index in [1.807, 2.05) is 12.1 Å². The number of hydrogen-bond donors (Lipinski definition) is 1. The van der Waals surface area contributed by atoms with Crippen molar-refractivity contribution in [1.29, 1.82) is 0 Å². The average molecular weight is 311 g/mol. The third-order valence-corrected chi connectivity index (χ3v) is 3.40. The van der Waals surface area contributed by atoms with Gasteiger partial charge in [0.05, 0.1) is 25.5 Å². The summed E-state index contributed by atoms with van der Waals surface area (Å²) in [5.74, 6) is 0.669. The van der Waals surface area contributed by atoms with Crippen molar-refractivity contribution in [2.45, 2.75) is 6.42 Å². The van der Waals surface area contributed by atoms with E-state index in [1.54, 1.807) is 12.3 Å². The van der Waals surface area contributed by atoms with E-state index >= 15 is 0 Å². The summed E-state index contributed by atoms with van der Waals surface area (Å²) in [7, 11) is -1.63. The Morgan fingerprint density at radius 2 is 2.14 bits per heavy atom. The molecule has 2 aromatic rings. The van der Waals surface area contributed by atoms with Crippen LogP contribution in [-0.4, -0.2) is 44.9 Å². The normalized spacial score (nSPS) is 11.5. The molecule has 0 aliphatic heterocycles. The molecule has 1 aromatic heterocycles. The Labute approximate surface area is 123 Å². The number of nitrogens with zero attached hydrogens (tertiary/aromatic N) is 2. The maximum atomic E-state index is 10.9. The summed E-state index contributed by atoms with van der Waals surface area (Å²) < 4.78 is 34.7. The number of fused-ring (bicyclic) bond motifs is 1. The van der Waals surface area contributed by atoms with Gasteiger partial charge >= 0.3 is 6.01 Å². The van der Waals surface area contributed by atoms with Crippen LogP contribution in [0.2, 0.25) is 0 Å². The predicted octanol–water partition coefficient (Wildman–Crippen LogP) is 0.956. The van der Waals surface area contributed by atoms with Gasteiger partial charge in [-0.2, -0.15) is 4.98 Å². The van der Waals surface area contributed by atoms with Gasteiger partial charge in [-0.3, -0.25) is 0 Å². The minimum absolute atomic E-state index is 0.303. The van der Waals surface area contributed by atoms with Crippen molar-refractivity contribution in [1.82, 2.24) is 14.7 Å². The number of aromatic nitrogens is 2. The quantitative estimate of drug-likeness (QED) is 0.766. The average Bonchev–Trinajstić information content (AvgIpc) is 2.45. The van der Waals surface area contributed by atoms with E-state index in [2.05, 4.69) is 14.7 Å². The van der Waals surface area contributed by atoms with Crippen LogP contribution in [0.5, 0.6) is 11.8 Å². The molecule has 7 nitrogen and oxygen atoms in total. The van der Waals surface area contributed by atoms with Gasteiger partial charge in [0.2, 0.25) is 10.0 Å². The summed E-state index contributed by atoms with van der Waals surface area (Å²) in [6.07, 6.45) is 3.39. The van der Waals surface area contributed by atoms with Crippen LogP contribution in [0.3, 0.4) is 0 Å². The van der Waals surface area contributed by atoms with Crippen LogP contribution in [0.1, 0.15) is 6.42 Å². The van der Waals surface area contributed by atoms with Gasteiger partial charge in [0, 0.05) is 24.2 Å². The first kappa shape index (κ1) is 15.5. The lowest BCUT2D eigenvalue weighted by Crippen LogP contribution is -2.24. The predicted molar refractivity (Wildman–Crippen MR) is 79.0 cm³/mol. The van der Waals surface area contributed by atoms with E-state index in [-0.39, 0.29) is 0 Å². The van der Waals surface area contributed by atoms with Gasteiger partial charge in [0.1, 0.15) is 5.75 Å². The molecule has 1 aromatic carbocycles. The van der Waals surface area contributed by atoms with Gasteiger partial charge in [-0.05, 0) is 18.6 Å². The SMILES string of the molecule is COc1ncc2ccc(OCCCNS(C)(=O)=O)cc2n1. The first-order valence-electron chi connectivity index (χ1n) is 6.36. The van der Waals surface area contributed by atoms with E-state index in [0.29, 0.717) is 31.3 Å². The Morgan fingerprint density at radius 3 is 2.86 bits per heavy atom. The first-order chi connectivity index (χ1) is 9.98. The van der Waals surface area contributed by atoms with Crippen molar-refractivity contribution >= 4 is 20.9 Å². The zero-order valence-corrected chi connectivity index (χ0v) is 12.7. The zero-order chi connectivity index (χ0) is 15.3. The molecule has 1 heterocycles. The number of benzene rings is 1. The molecule has 0 amide bonds. The Balaban J connectivity index is 1.93. The molecule has 2 rings (SSSR count). The highest BCUT2D eigenvalue weighted by Crippen LogP contribution is 2.20. The van der Waals surface area contributed by atoms with Crippen molar-refractivity contribution in [2.24, 2.45) is 0 Å². The summed E-state index contributed by atoms with van der Waals surface area (Å²) in [5, 5.41) is 0.891. The Hall–Kier alpha value is -1.93. The summed E-state index contributed by atoms with van der Waals surface area (Å²) in [5.41, 5.74) is 0.730. The van der Waals surface area contributed by atoms with E-state index in [4.69, 9.17) is 9.47 Å². The molecule has 0 aliphatic rings. The maximum absolute atomic E-state index is 10.9. The van der Waals surface area contributed by atoms with Crippen molar-refractivity contribution in [2.75, 3.05) is 26.5 Å². The van der Waals surface area contributed by atoms with Crippen LogP contribution in [0.15, 0.2) is 24.4 Å². The van der Waals surface area contributed by atoms with Gasteiger partial charge in [-0.15, -0.1) is 0 Å². The summed E-state index contributed by atoms with van der Waals surface area (Å²) in [4.78, 5) is 8.25. The minimum atomic E-state index is -3.14. The number of hydrogen-bond acceptors (Lipinski definition) is 6. The Morgan fingerprint density at radius 1 is 1.33 bits per heavy atom. The molecular formula is C13H17N3O4S. The lowest BCUT2D eigenvalue weighted by atomic mass is 10.2. The number of methoxy groups -OCH3 is 1. The first-order valence-corrected chi connectivity index (χ1v) is 8.25. The van der Waals surface area contributed by atoms with Crippen molar-refractivity contribution in [3.63, 3.8) is 0 Å². The molecule has 0 fully saturated rings. The van der Waals surface area contributed by atoms with E-state index < -0.39 is 10.0 Å². The van der Waals surface area contributed by atoms with Gasteiger partial charge in [0.15, 0.2) is 0 Å². The van der Waals surface area contributed by atoms with Crippen molar-refractivity contribution in [3.8, 4) is 11.8 Å². The largest absolute Gasteiger partial charge is 0.493 e. The molecule has 0 atom stereocenters. The lowest BCUT2D eigenvalue weighted by molar-refractivity contribution is 0.312. The molecule has 114 valence electrons. The molecule has 0 unspecified atom stereocenters. The highest BCUT2D eigenvalue weighted by atomic mass is 32.2. The molecular weight excluding hydrogens is 294 g/mol. The molecule has 1 N–H and O–H groups in total. The Bertz CT molecular complexity index is 718. The van der Waals surface area contributed by atoms with E-state index in [1.165, 1.54) is 7.11 Å². The molecule has 0 spiro atoms. The Kier molecular flexibility index (Phi) is 4.92. The fraction of sp³-hybridized carbons (Fsp3) is 0.385. The van der Waals surface area contributed by atoms with Crippen LogP contribution >= 0.6 is 0 Å². The molecule has 0 radical (unpaired) electrons. The van der Waals surface area contributed by atoms with Gasteiger partial charge < -0.3 is 9.47 Å². The highest BCUT2D eigenvalue weighted by molar-refractivity contribution is 7.88. The lowest BCUT2D eigenvalue weighted by Gasteiger charge is -2.07. The second kappa shape index (κ2) is 6.68. The summed E-state index contributed by atoms with van der Waals surface area (Å²) in [6, 6.07) is 5.78. The fourth-order valence-electron chi connectivity index (χ4n) is 1.69. The maximum Gasteiger partial charge on any atom is 0.316 e. The van der Waals surface area contributed by atoms with Crippen LogP contribution in [-0.2, 0) is 10.0 Å². The van der Waals surface area contributed by atoms with Crippen molar-refractivity contribution < 1.29 is 17.9 Å². The molecule has 0 bridgehead atoms. The molecule has 21 heavy (non-hydrogen) atoms. The topological polar surface area (TPSA) is 90.4 Å². The van der Waals surface area contributed by atoms with Gasteiger partial charge in [-0.25, -0.2) is 18.1 Å². The fourth-order valence-corrected chi connectivity index (χ4v) is 2.21. The minimum Gasteiger partial charge on any atom is -0.493 e. The standard InChI is InChI=1S/C13H17N3O4S/c1-19-13-14-9-10-4-5-11(8-12(10)16-13)20-7-3-6-15-21(2,17)18/h4-5,8-9,15H,3,6-7H2,1-2H3. The zero-order valence-electron chi connectivity index (χ0n) is 11.9. The number of ether oxygens (including phenoxy) is 2. The molecule has 0 saturated heterocycles. The number of nitrogens with one attached hydrogen (secondary N) is 1. The van der Waals surface area contributed by atoms with Gasteiger partial charge in [-0.1, -0.05) is 0 Å². The summed E-state index contributed by atoms with van der Waals surface area (Å²) in [6.45, 7) is 0.763. The van der Waals surface area contributed by atoms with Crippen molar-refractivity contribution in [3.05, 3.63) is 24.4 Å². The number of rotatable bonds is 7. The van der Waals surface area contributed by atoms with E-state index in [0.717, 1.165) is 17.2 Å². The van der Waals surface area contributed by atoms with Crippen LogP contribution in [0, 0.1) is 0 Å². The number of sulfonamides is 1. The van der Waals surface area contributed by atoms with Gasteiger partial charge in [0.25, 0.3) is 0 Å². The van der Waals surface area contributed by atoms with Crippen LogP contribution in [0.4, 0.5) is 0 Å². The smallest absolute Gasteiger partial charge is 0.316 e. The summed E-state index contributed by atoms with van der Waals surface area (Å²) >= 11 is 0. The monoisotopic (exact) mass is 311 g/mol.